The number of nitrogens with zero attached hydrogens (tertiary/aromatic N) is 3. The average molecular weight is 362 g/mol. The fraction of sp³-hybridized carbons (Fsp3) is 0. The van der Waals surface area contributed by atoms with Crippen molar-refractivity contribution < 1.29 is 0 Å². The molecule has 0 unspecified atom stereocenters. The van der Waals surface area contributed by atoms with E-state index in [0.717, 1.165) is 16.0 Å². The molecular weight excluding hydrogens is 352 g/mol. The summed E-state index contributed by atoms with van der Waals surface area (Å²) in [5.74, 6) is 1.38. The molecule has 3 aromatic rings. The van der Waals surface area contributed by atoms with E-state index in [1.807, 2.05) is 36.4 Å². The Bertz CT molecular complexity index is 762. The molecule has 6 heteroatoms. The number of pyridine rings is 3. The lowest BCUT2D eigenvalue weighted by atomic mass is 10.2. The van der Waals surface area contributed by atoms with Gasteiger partial charge in [0.25, 0.3) is 0 Å². The van der Waals surface area contributed by atoms with Crippen LogP contribution in [-0.4, -0.2) is 15.0 Å². The minimum absolute atomic E-state index is 0.598. The van der Waals surface area contributed by atoms with Crippen LogP contribution >= 0.6 is 27.5 Å². The summed E-state index contributed by atoms with van der Waals surface area (Å²) in [5, 5.41) is 3.73. The number of hydrogen-bond donors (Lipinski definition) is 1. The standard InChI is InChI=1S/C15H10BrClN4/c16-13-5-1-3-11(19-13)12-4-2-6-15(20-12)21-14-8-7-10(17)9-18-14/h1-9H,(H,18,20,21). The Hall–Kier alpha value is -1.98. The number of nitrogens with one attached hydrogen (secondary N) is 1. The van der Waals surface area contributed by atoms with Crippen molar-refractivity contribution in [3.05, 3.63) is 64.4 Å². The third-order valence-corrected chi connectivity index (χ3v) is 3.38. The molecule has 0 spiro atoms. The van der Waals surface area contributed by atoms with Gasteiger partial charge >= 0.3 is 0 Å². The lowest BCUT2D eigenvalue weighted by Gasteiger charge is -2.07. The van der Waals surface area contributed by atoms with Crippen LogP contribution in [0.2, 0.25) is 5.02 Å². The molecule has 21 heavy (non-hydrogen) atoms. The van der Waals surface area contributed by atoms with Crippen molar-refractivity contribution in [1.82, 2.24) is 15.0 Å². The summed E-state index contributed by atoms with van der Waals surface area (Å²) < 4.78 is 0.777. The highest BCUT2D eigenvalue weighted by Gasteiger charge is 2.04. The van der Waals surface area contributed by atoms with Crippen molar-refractivity contribution >= 4 is 39.2 Å². The predicted octanol–water partition coefficient (Wildman–Crippen LogP) is 4.70. The maximum atomic E-state index is 5.82. The van der Waals surface area contributed by atoms with Crippen molar-refractivity contribution in [3.63, 3.8) is 0 Å². The zero-order chi connectivity index (χ0) is 14.7. The average Bonchev–Trinajstić information content (AvgIpc) is 2.50. The lowest BCUT2D eigenvalue weighted by molar-refractivity contribution is 1.21. The monoisotopic (exact) mass is 360 g/mol. The van der Waals surface area contributed by atoms with Crippen LogP contribution in [0.1, 0.15) is 0 Å². The molecule has 104 valence electrons. The maximum Gasteiger partial charge on any atom is 0.132 e. The van der Waals surface area contributed by atoms with E-state index in [0.29, 0.717) is 16.7 Å². The van der Waals surface area contributed by atoms with Gasteiger partial charge in [-0.2, -0.15) is 0 Å². The Morgan fingerprint density at radius 1 is 0.857 bits per heavy atom. The number of rotatable bonds is 3. The fourth-order valence-corrected chi connectivity index (χ4v) is 2.23. The van der Waals surface area contributed by atoms with Gasteiger partial charge in [0, 0.05) is 6.20 Å². The molecule has 0 atom stereocenters. The summed E-state index contributed by atoms with van der Waals surface area (Å²) in [5.41, 5.74) is 1.59. The van der Waals surface area contributed by atoms with E-state index >= 15 is 0 Å². The molecule has 3 heterocycles. The van der Waals surface area contributed by atoms with Crippen molar-refractivity contribution in [2.45, 2.75) is 0 Å². The van der Waals surface area contributed by atoms with Gasteiger partial charge in [-0.15, -0.1) is 0 Å². The van der Waals surface area contributed by atoms with Crippen LogP contribution in [0.25, 0.3) is 11.4 Å². The van der Waals surface area contributed by atoms with Gasteiger partial charge in [0.05, 0.1) is 16.4 Å². The molecule has 0 bridgehead atoms. The maximum absolute atomic E-state index is 5.82. The molecule has 1 N–H and O–H groups in total. The van der Waals surface area contributed by atoms with Gasteiger partial charge in [0.1, 0.15) is 16.2 Å². The van der Waals surface area contributed by atoms with Gasteiger partial charge < -0.3 is 5.32 Å². The minimum atomic E-state index is 0.598. The summed E-state index contributed by atoms with van der Waals surface area (Å²) in [6, 6.07) is 15.0. The molecule has 3 rings (SSSR count). The van der Waals surface area contributed by atoms with Crippen molar-refractivity contribution in [2.75, 3.05) is 5.32 Å². The highest BCUT2D eigenvalue weighted by atomic mass is 79.9. The van der Waals surface area contributed by atoms with Gasteiger partial charge in [0.2, 0.25) is 0 Å². The number of aromatic nitrogens is 3. The van der Waals surface area contributed by atoms with E-state index in [4.69, 9.17) is 11.6 Å². The first-order valence-electron chi connectivity index (χ1n) is 6.19. The second-order valence-corrected chi connectivity index (χ2v) is 5.49. The summed E-state index contributed by atoms with van der Waals surface area (Å²) in [6.45, 7) is 0. The Morgan fingerprint density at radius 2 is 1.62 bits per heavy atom. The molecule has 0 aliphatic rings. The third kappa shape index (κ3) is 3.56. The van der Waals surface area contributed by atoms with E-state index in [1.54, 1.807) is 18.3 Å². The topological polar surface area (TPSA) is 50.7 Å². The lowest BCUT2D eigenvalue weighted by Crippen LogP contribution is -1.97. The molecule has 0 amide bonds. The predicted molar refractivity (Wildman–Crippen MR) is 87.7 cm³/mol. The molecule has 0 fully saturated rings. The fourth-order valence-electron chi connectivity index (χ4n) is 1.78. The van der Waals surface area contributed by atoms with E-state index in [2.05, 4.69) is 36.2 Å². The second kappa shape index (κ2) is 6.20. The number of hydrogen-bond acceptors (Lipinski definition) is 4. The summed E-state index contributed by atoms with van der Waals surface area (Å²) in [4.78, 5) is 13.1. The Kier molecular flexibility index (Phi) is 4.13. The van der Waals surface area contributed by atoms with E-state index in [1.165, 1.54) is 0 Å². The molecule has 0 aliphatic carbocycles. The van der Waals surface area contributed by atoms with Crippen LogP contribution in [0.5, 0.6) is 0 Å². The zero-order valence-electron chi connectivity index (χ0n) is 10.8. The molecule has 0 aliphatic heterocycles. The van der Waals surface area contributed by atoms with E-state index < -0.39 is 0 Å². The van der Waals surface area contributed by atoms with E-state index in [-0.39, 0.29) is 0 Å². The van der Waals surface area contributed by atoms with Gasteiger partial charge in [-0.05, 0) is 52.3 Å². The van der Waals surface area contributed by atoms with Crippen LogP contribution in [0.15, 0.2) is 59.3 Å². The Morgan fingerprint density at radius 3 is 2.33 bits per heavy atom. The third-order valence-electron chi connectivity index (χ3n) is 2.71. The van der Waals surface area contributed by atoms with Gasteiger partial charge in [0.15, 0.2) is 0 Å². The Balaban J connectivity index is 1.88. The van der Waals surface area contributed by atoms with E-state index in [9.17, 15) is 0 Å². The van der Waals surface area contributed by atoms with Gasteiger partial charge in [-0.1, -0.05) is 23.7 Å². The first-order valence-corrected chi connectivity index (χ1v) is 7.36. The normalized spacial score (nSPS) is 10.4. The highest BCUT2D eigenvalue weighted by molar-refractivity contribution is 9.10. The van der Waals surface area contributed by atoms with Crippen LogP contribution in [0.4, 0.5) is 11.6 Å². The highest BCUT2D eigenvalue weighted by Crippen LogP contribution is 2.20. The molecule has 0 aromatic carbocycles. The largest absolute Gasteiger partial charge is 0.325 e. The van der Waals surface area contributed by atoms with Crippen molar-refractivity contribution in [2.24, 2.45) is 0 Å². The molecule has 3 aromatic heterocycles. The van der Waals surface area contributed by atoms with Gasteiger partial charge in [-0.25, -0.2) is 15.0 Å². The number of halogens is 2. The summed E-state index contributed by atoms with van der Waals surface area (Å²) >= 11 is 9.18. The van der Waals surface area contributed by atoms with Crippen LogP contribution < -0.4 is 5.32 Å². The molecular formula is C15H10BrClN4. The molecule has 0 saturated heterocycles. The number of anilines is 2. The van der Waals surface area contributed by atoms with Gasteiger partial charge in [-0.3, -0.25) is 0 Å². The second-order valence-electron chi connectivity index (χ2n) is 4.24. The minimum Gasteiger partial charge on any atom is -0.325 e. The molecule has 0 radical (unpaired) electrons. The van der Waals surface area contributed by atoms with Crippen LogP contribution in [-0.2, 0) is 0 Å². The van der Waals surface area contributed by atoms with Crippen LogP contribution in [0.3, 0.4) is 0 Å². The first kappa shape index (κ1) is 14.0. The van der Waals surface area contributed by atoms with Crippen molar-refractivity contribution in [3.8, 4) is 11.4 Å². The summed E-state index contributed by atoms with van der Waals surface area (Å²) in [6.07, 6.45) is 1.59. The summed E-state index contributed by atoms with van der Waals surface area (Å²) in [7, 11) is 0. The smallest absolute Gasteiger partial charge is 0.132 e. The zero-order valence-corrected chi connectivity index (χ0v) is 13.1. The molecule has 0 saturated carbocycles. The molecule has 4 nitrogen and oxygen atoms in total. The quantitative estimate of drug-likeness (QED) is 0.687. The SMILES string of the molecule is Clc1ccc(Nc2cccc(-c3cccc(Br)n3)n2)nc1. The Labute approximate surface area is 135 Å². The van der Waals surface area contributed by atoms with Crippen molar-refractivity contribution in [1.29, 1.82) is 0 Å². The van der Waals surface area contributed by atoms with Crippen LogP contribution in [0, 0.1) is 0 Å². The first-order chi connectivity index (χ1) is 10.2.